The van der Waals surface area contributed by atoms with Crippen LogP contribution in [-0.4, -0.2) is 24.1 Å². The zero-order chi connectivity index (χ0) is 14.3. The normalized spacial score (nSPS) is 31.1. The van der Waals surface area contributed by atoms with Crippen molar-refractivity contribution in [3.63, 3.8) is 0 Å². The number of halogens is 1. The summed E-state index contributed by atoms with van der Waals surface area (Å²) in [6, 6.07) is 3.67. The monoisotopic (exact) mass is 281 g/mol. The van der Waals surface area contributed by atoms with E-state index in [9.17, 15) is 9.30 Å². The summed E-state index contributed by atoms with van der Waals surface area (Å²) in [5, 5.41) is 2.84. The van der Waals surface area contributed by atoms with Crippen LogP contribution in [-0.2, 0) is 9.47 Å². The van der Waals surface area contributed by atoms with Crippen LogP contribution in [0.4, 0.5) is 10.1 Å². The fourth-order valence-corrected chi connectivity index (χ4v) is 2.86. The molecule has 0 amide bonds. The average molecular weight is 281 g/mol. The van der Waals surface area contributed by atoms with E-state index >= 15 is 0 Å². The Balaban J connectivity index is 1.69. The van der Waals surface area contributed by atoms with Crippen LogP contribution >= 0.6 is 0 Å². The smallest absolute Gasteiger partial charge is 0.163 e. The molecule has 0 radical (unpaired) electrons. The number of nitroso groups, excluding NO2 is 1. The molecule has 6 heteroatoms. The van der Waals surface area contributed by atoms with Crippen LogP contribution in [0.15, 0.2) is 23.4 Å². The molecular weight excluding hydrogens is 265 g/mol. The molecule has 2 fully saturated rings. The van der Waals surface area contributed by atoms with Crippen LogP contribution in [0.1, 0.15) is 26.7 Å². The Bertz CT molecular complexity index is 518. The minimum atomic E-state index is -0.561. The highest BCUT2D eigenvalue weighted by Gasteiger charge is 2.48. The second-order valence-corrected chi connectivity index (χ2v) is 5.63. The van der Waals surface area contributed by atoms with Gasteiger partial charge < -0.3 is 14.2 Å². The van der Waals surface area contributed by atoms with Crippen molar-refractivity contribution in [2.75, 3.05) is 0 Å². The topological polar surface area (TPSA) is 57.1 Å². The van der Waals surface area contributed by atoms with Crippen LogP contribution in [0.2, 0.25) is 0 Å². The molecule has 0 aromatic heterocycles. The van der Waals surface area contributed by atoms with E-state index in [4.69, 9.17) is 14.2 Å². The van der Waals surface area contributed by atoms with Gasteiger partial charge in [-0.1, -0.05) is 0 Å². The van der Waals surface area contributed by atoms with E-state index in [0.29, 0.717) is 12.8 Å². The summed E-state index contributed by atoms with van der Waals surface area (Å²) in [5.74, 6) is -0.849. The summed E-state index contributed by atoms with van der Waals surface area (Å²) in [6.07, 6.45) is 1.11. The van der Waals surface area contributed by atoms with Crippen LogP contribution < -0.4 is 4.74 Å². The molecule has 5 nitrogen and oxygen atoms in total. The summed E-state index contributed by atoms with van der Waals surface area (Å²) < 4.78 is 30.4. The number of benzene rings is 1. The van der Waals surface area contributed by atoms with E-state index in [-0.39, 0.29) is 29.7 Å². The van der Waals surface area contributed by atoms with Crippen LogP contribution in [0.25, 0.3) is 0 Å². The Morgan fingerprint density at radius 3 is 2.55 bits per heavy atom. The van der Waals surface area contributed by atoms with Crippen LogP contribution in [0, 0.1) is 10.7 Å². The molecule has 0 N–H and O–H groups in total. The SMILES string of the molecule is CC1(C)O[C@H]2CC(Oc3cc(F)ccc3N=O)C[C@H]2O1. The maximum absolute atomic E-state index is 13.2. The highest BCUT2D eigenvalue weighted by Crippen LogP contribution is 2.40. The number of nitrogens with zero attached hydrogens (tertiary/aromatic N) is 1. The molecule has 108 valence electrons. The first-order valence-electron chi connectivity index (χ1n) is 6.62. The van der Waals surface area contributed by atoms with Gasteiger partial charge in [-0.25, -0.2) is 4.39 Å². The Morgan fingerprint density at radius 1 is 1.30 bits per heavy atom. The van der Waals surface area contributed by atoms with Gasteiger partial charge in [-0.2, -0.15) is 0 Å². The molecule has 0 spiro atoms. The molecular formula is C14H16FNO4. The predicted molar refractivity (Wildman–Crippen MR) is 69.3 cm³/mol. The summed E-state index contributed by atoms with van der Waals surface area (Å²) in [5.41, 5.74) is 0.102. The average Bonchev–Trinajstić information content (AvgIpc) is 2.82. The summed E-state index contributed by atoms with van der Waals surface area (Å²) in [6.45, 7) is 3.75. The van der Waals surface area contributed by atoms with Gasteiger partial charge in [0.25, 0.3) is 0 Å². The van der Waals surface area contributed by atoms with Crippen LogP contribution in [0.5, 0.6) is 5.75 Å². The largest absolute Gasteiger partial charge is 0.488 e. The molecule has 1 heterocycles. The zero-order valence-electron chi connectivity index (χ0n) is 11.3. The lowest BCUT2D eigenvalue weighted by atomic mass is 10.2. The lowest BCUT2D eigenvalue weighted by Crippen LogP contribution is -2.25. The Morgan fingerprint density at radius 2 is 1.95 bits per heavy atom. The van der Waals surface area contributed by atoms with Gasteiger partial charge in [0.2, 0.25) is 0 Å². The second kappa shape index (κ2) is 4.79. The third-order valence-electron chi connectivity index (χ3n) is 3.59. The maximum Gasteiger partial charge on any atom is 0.163 e. The molecule has 1 aromatic rings. The molecule has 1 saturated carbocycles. The van der Waals surface area contributed by atoms with Crippen LogP contribution in [0.3, 0.4) is 0 Å². The van der Waals surface area contributed by atoms with Gasteiger partial charge in [-0.05, 0) is 31.2 Å². The minimum Gasteiger partial charge on any atom is -0.488 e. The zero-order valence-corrected chi connectivity index (χ0v) is 11.3. The van der Waals surface area contributed by atoms with Gasteiger partial charge in [-0.3, -0.25) is 0 Å². The van der Waals surface area contributed by atoms with E-state index < -0.39 is 11.6 Å². The van der Waals surface area contributed by atoms with E-state index in [1.54, 1.807) is 0 Å². The summed E-state index contributed by atoms with van der Waals surface area (Å²) in [4.78, 5) is 10.7. The van der Waals surface area contributed by atoms with Crippen molar-refractivity contribution in [2.45, 2.75) is 50.8 Å². The lowest BCUT2D eigenvalue weighted by Gasteiger charge is -2.21. The summed E-state index contributed by atoms with van der Waals surface area (Å²) in [7, 11) is 0. The molecule has 1 aliphatic carbocycles. The van der Waals surface area contributed by atoms with Gasteiger partial charge in [0.05, 0.1) is 12.2 Å². The van der Waals surface area contributed by atoms with Crippen molar-refractivity contribution in [3.8, 4) is 5.75 Å². The summed E-state index contributed by atoms with van der Waals surface area (Å²) >= 11 is 0. The Hall–Kier alpha value is -1.53. The van der Waals surface area contributed by atoms with E-state index in [0.717, 1.165) is 0 Å². The predicted octanol–water partition coefficient (Wildman–Crippen LogP) is 3.28. The third-order valence-corrected chi connectivity index (χ3v) is 3.59. The first kappa shape index (κ1) is 13.5. The minimum absolute atomic E-state index is 0.0174. The highest BCUT2D eigenvalue weighted by atomic mass is 19.1. The number of fused-ring (bicyclic) bond motifs is 1. The van der Waals surface area contributed by atoms with E-state index in [2.05, 4.69) is 5.18 Å². The molecule has 20 heavy (non-hydrogen) atoms. The Labute approximate surface area is 116 Å². The molecule has 2 aliphatic rings. The van der Waals surface area contributed by atoms with Gasteiger partial charge in [0.1, 0.15) is 17.6 Å². The molecule has 1 aliphatic heterocycles. The first-order chi connectivity index (χ1) is 9.47. The van der Waals surface area contributed by atoms with E-state index in [1.807, 2.05) is 13.8 Å². The quantitative estimate of drug-likeness (QED) is 0.798. The number of ether oxygens (including phenoxy) is 3. The van der Waals surface area contributed by atoms with Gasteiger partial charge in [-0.15, -0.1) is 4.91 Å². The van der Waals surface area contributed by atoms with Crippen molar-refractivity contribution in [1.82, 2.24) is 0 Å². The first-order valence-corrected chi connectivity index (χ1v) is 6.62. The van der Waals surface area contributed by atoms with Crippen molar-refractivity contribution in [2.24, 2.45) is 5.18 Å². The van der Waals surface area contributed by atoms with E-state index in [1.165, 1.54) is 18.2 Å². The molecule has 3 atom stereocenters. The molecule has 0 bridgehead atoms. The fraction of sp³-hybridized carbons (Fsp3) is 0.571. The third kappa shape index (κ3) is 2.53. The van der Waals surface area contributed by atoms with Crippen molar-refractivity contribution >= 4 is 5.69 Å². The van der Waals surface area contributed by atoms with Crippen molar-refractivity contribution in [3.05, 3.63) is 28.9 Å². The number of hydrogen-bond donors (Lipinski definition) is 0. The molecule has 1 unspecified atom stereocenters. The fourth-order valence-electron chi connectivity index (χ4n) is 2.86. The number of hydrogen-bond acceptors (Lipinski definition) is 5. The maximum atomic E-state index is 13.2. The molecule has 3 rings (SSSR count). The van der Waals surface area contributed by atoms with Gasteiger partial charge in [0, 0.05) is 18.9 Å². The number of rotatable bonds is 3. The highest BCUT2D eigenvalue weighted by molar-refractivity contribution is 5.51. The molecule has 1 aromatic carbocycles. The molecule has 1 saturated heterocycles. The van der Waals surface area contributed by atoms with Gasteiger partial charge in [0.15, 0.2) is 11.5 Å². The standard InChI is InChI=1S/C14H16FNO4/c1-14(2)19-12-6-9(7-13(12)20-14)18-11-5-8(15)3-4-10(11)16-17/h3-5,9,12-13H,6-7H2,1-2H3/t9?,12-,13+. The van der Waals surface area contributed by atoms with Crippen molar-refractivity contribution in [1.29, 1.82) is 0 Å². The van der Waals surface area contributed by atoms with Gasteiger partial charge >= 0.3 is 0 Å². The Kier molecular flexibility index (Phi) is 3.22. The van der Waals surface area contributed by atoms with Crippen molar-refractivity contribution < 1.29 is 18.6 Å². The second-order valence-electron chi connectivity index (χ2n) is 5.63. The lowest BCUT2D eigenvalue weighted by molar-refractivity contribution is -0.155.